The van der Waals surface area contributed by atoms with Crippen LogP contribution in [0.4, 0.5) is 0 Å². The molecule has 4 unspecified atom stereocenters. The van der Waals surface area contributed by atoms with Gasteiger partial charge in [-0.3, -0.25) is 14.2 Å². The fourth-order valence-corrected chi connectivity index (χ4v) is 6.97. The molecule has 0 aliphatic carbocycles. The highest BCUT2D eigenvalue weighted by atomic mass is 31.2. The van der Waals surface area contributed by atoms with Crippen LogP contribution in [0.1, 0.15) is 181 Å². The van der Waals surface area contributed by atoms with E-state index in [2.05, 4.69) is 38.2 Å². The molecule has 1 fully saturated rings. The van der Waals surface area contributed by atoms with Crippen molar-refractivity contribution >= 4 is 19.8 Å². The predicted molar refractivity (Wildman–Crippen MR) is 222 cm³/mol. The molecular formula is C44H82NO9P. The zero-order valence-electron chi connectivity index (χ0n) is 35.8. The SMILES string of the molecule is CCCCCCCC/C=C\CCCCCCCC(=O)OCC(COP(=O)([O-])OCC[N+](C)(C)C)OC(=O)CCCCCCC/C=C\CC1OC1CCCCC. The normalized spacial score (nSPS) is 17.5. The van der Waals surface area contributed by atoms with Gasteiger partial charge in [-0.25, -0.2) is 0 Å². The number of phosphoric ester groups is 1. The van der Waals surface area contributed by atoms with Gasteiger partial charge in [0.05, 0.1) is 40.0 Å². The third kappa shape index (κ3) is 34.2. The lowest BCUT2D eigenvalue weighted by molar-refractivity contribution is -0.870. The number of rotatable bonds is 39. The summed E-state index contributed by atoms with van der Waals surface area (Å²) in [6.45, 7) is 4.16. The van der Waals surface area contributed by atoms with Crippen LogP contribution >= 0.6 is 7.82 Å². The van der Waals surface area contributed by atoms with Crippen molar-refractivity contribution in [3.05, 3.63) is 24.3 Å². The summed E-state index contributed by atoms with van der Waals surface area (Å²) in [6, 6.07) is 0. The maximum atomic E-state index is 12.7. The van der Waals surface area contributed by atoms with Crippen LogP contribution in [0.3, 0.4) is 0 Å². The molecule has 0 amide bonds. The Morgan fingerprint density at radius 3 is 1.75 bits per heavy atom. The first kappa shape index (κ1) is 51.5. The van der Waals surface area contributed by atoms with Crippen LogP contribution < -0.4 is 4.89 Å². The Morgan fingerprint density at radius 2 is 1.16 bits per heavy atom. The average molecular weight is 800 g/mol. The van der Waals surface area contributed by atoms with Gasteiger partial charge in [0, 0.05) is 12.8 Å². The molecule has 11 heteroatoms. The van der Waals surface area contributed by atoms with E-state index < -0.39 is 32.5 Å². The van der Waals surface area contributed by atoms with Gasteiger partial charge in [-0.1, -0.05) is 128 Å². The number of hydrogen-bond acceptors (Lipinski definition) is 9. The summed E-state index contributed by atoms with van der Waals surface area (Å²) in [5, 5.41) is 0. The first-order chi connectivity index (χ1) is 26.5. The van der Waals surface area contributed by atoms with Crippen molar-refractivity contribution in [1.82, 2.24) is 0 Å². The van der Waals surface area contributed by atoms with Crippen molar-refractivity contribution in [2.24, 2.45) is 0 Å². The monoisotopic (exact) mass is 800 g/mol. The van der Waals surface area contributed by atoms with E-state index in [1.54, 1.807) is 0 Å². The van der Waals surface area contributed by atoms with Crippen molar-refractivity contribution in [2.75, 3.05) is 47.5 Å². The van der Waals surface area contributed by atoms with E-state index in [4.69, 9.17) is 23.3 Å². The molecule has 0 saturated carbocycles. The van der Waals surface area contributed by atoms with Crippen LogP contribution in [-0.4, -0.2) is 82.2 Å². The summed E-state index contributed by atoms with van der Waals surface area (Å²) < 4.78 is 39.6. The van der Waals surface area contributed by atoms with E-state index in [9.17, 15) is 19.0 Å². The number of carbonyl (C=O) groups is 2. The topological polar surface area (TPSA) is 124 Å². The number of ether oxygens (including phenoxy) is 3. The van der Waals surface area contributed by atoms with Gasteiger partial charge in [-0.05, 0) is 64.2 Å². The summed E-state index contributed by atoms with van der Waals surface area (Å²) in [6.07, 6.45) is 36.5. The second kappa shape index (κ2) is 33.4. The van der Waals surface area contributed by atoms with Gasteiger partial charge >= 0.3 is 11.9 Å². The van der Waals surface area contributed by atoms with E-state index in [1.165, 1.54) is 70.6 Å². The van der Waals surface area contributed by atoms with Gasteiger partial charge in [0.25, 0.3) is 7.82 Å². The second-order valence-electron chi connectivity index (χ2n) is 16.4. The van der Waals surface area contributed by atoms with E-state index in [0.717, 1.165) is 77.0 Å². The van der Waals surface area contributed by atoms with Gasteiger partial charge in [0.1, 0.15) is 19.8 Å². The van der Waals surface area contributed by atoms with Crippen LogP contribution in [0.2, 0.25) is 0 Å². The Morgan fingerprint density at radius 1 is 0.655 bits per heavy atom. The number of nitrogens with zero attached hydrogens (tertiary/aromatic N) is 1. The molecule has 0 spiro atoms. The quantitative estimate of drug-likeness (QED) is 0.0149. The molecule has 0 radical (unpaired) electrons. The van der Waals surface area contributed by atoms with Gasteiger partial charge in [0.2, 0.25) is 0 Å². The molecule has 0 bridgehead atoms. The number of esters is 2. The number of quaternary nitrogens is 1. The number of epoxide rings is 1. The average Bonchev–Trinajstić information content (AvgIpc) is 3.89. The Labute approximate surface area is 336 Å². The minimum absolute atomic E-state index is 0.0367. The van der Waals surface area contributed by atoms with Crippen LogP contribution in [0.15, 0.2) is 24.3 Å². The first-order valence-corrected chi connectivity index (χ1v) is 23.6. The van der Waals surface area contributed by atoms with E-state index >= 15 is 0 Å². The highest BCUT2D eigenvalue weighted by Crippen LogP contribution is 2.38. The molecule has 1 saturated heterocycles. The minimum Gasteiger partial charge on any atom is -0.756 e. The summed E-state index contributed by atoms with van der Waals surface area (Å²) in [7, 11) is 1.14. The number of phosphoric acid groups is 1. The number of likely N-dealkylation sites (N-methyl/N-ethyl adjacent to an activating group) is 1. The standard InChI is InChI=1S/C44H82NO9P/c1-6-8-10-11-12-13-14-15-16-17-18-19-23-26-30-34-43(46)50-38-40(39-52-55(48,49)51-37-36-45(3,4)5)53-44(47)35-31-27-24-21-20-22-25-29-33-42-41(54-42)32-28-9-7-2/h15-16,25,29,40-42H,6-14,17-24,26-28,30-39H2,1-5H3/b16-15-,29-25-. The zero-order chi connectivity index (χ0) is 40.5. The van der Waals surface area contributed by atoms with Gasteiger partial charge in [-0.2, -0.15) is 0 Å². The fourth-order valence-electron chi connectivity index (χ4n) is 6.24. The van der Waals surface area contributed by atoms with Crippen molar-refractivity contribution in [2.45, 2.75) is 199 Å². The highest BCUT2D eigenvalue weighted by molar-refractivity contribution is 7.45. The van der Waals surface area contributed by atoms with Gasteiger partial charge in [0.15, 0.2) is 6.10 Å². The molecule has 1 aliphatic heterocycles. The smallest absolute Gasteiger partial charge is 0.306 e. The minimum atomic E-state index is -4.63. The summed E-state index contributed by atoms with van der Waals surface area (Å²) >= 11 is 0. The van der Waals surface area contributed by atoms with E-state index in [-0.39, 0.29) is 26.1 Å². The van der Waals surface area contributed by atoms with E-state index in [0.29, 0.717) is 29.7 Å². The summed E-state index contributed by atoms with van der Waals surface area (Å²) in [5.74, 6) is -0.864. The molecule has 0 aromatic heterocycles. The van der Waals surface area contributed by atoms with Crippen molar-refractivity contribution < 1.29 is 46.8 Å². The van der Waals surface area contributed by atoms with Gasteiger partial charge in [-0.15, -0.1) is 0 Å². The molecule has 10 nitrogen and oxygen atoms in total. The number of carbonyl (C=O) groups excluding carboxylic acids is 2. The van der Waals surface area contributed by atoms with Crippen molar-refractivity contribution in [3.63, 3.8) is 0 Å². The van der Waals surface area contributed by atoms with Crippen LogP contribution in [0.25, 0.3) is 0 Å². The fraction of sp³-hybridized carbons (Fsp3) is 0.864. The molecular weight excluding hydrogens is 717 g/mol. The maximum absolute atomic E-state index is 12.7. The Balaban J connectivity index is 2.28. The van der Waals surface area contributed by atoms with Crippen molar-refractivity contribution in [1.29, 1.82) is 0 Å². The number of allylic oxidation sites excluding steroid dienone is 3. The predicted octanol–water partition coefficient (Wildman–Crippen LogP) is 10.7. The van der Waals surface area contributed by atoms with Crippen LogP contribution in [0.5, 0.6) is 0 Å². The Kier molecular flexibility index (Phi) is 31.3. The molecule has 0 aromatic carbocycles. The molecule has 0 aromatic rings. The van der Waals surface area contributed by atoms with E-state index in [1.807, 2.05) is 21.1 Å². The Bertz CT molecular complexity index is 1060. The highest BCUT2D eigenvalue weighted by Gasteiger charge is 2.36. The number of hydrogen-bond donors (Lipinski definition) is 0. The molecule has 4 atom stereocenters. The largest absolute Gasteiger partial charge is 0.756 e. The molecule has 0 N–H and O–H groups in total. The zero-order valence-corrected chi connectivity index (χ0v) is 36.7. The lowest BCUT2D eigenvalue weighted by atomic mass is 10.1. The van der Waals surface area contributed by atoms with Crippen molar-refractivity contribution in [3.8, 4) is 0 Å². The number of unbranched alkanes of at least 4 members (excludes halogenated alkanes) is 18. The lowest BCUT2D eigenvalue weighted by Crippen LogP contribution is -2.37. The first-order valence-electron chi connectivity index (χ1n) is 22.2. The molecule has 1 aliphatic rings. The molecule has 322 valence electrons. The van der Waals surface area contributed by atoms with Crippen LogP contribution in [0, 0.1) is 0 Å². The third-order valence-electron chi connectivity index (χ3n) is 9.87. The Hall–Kier alpha value is -1.55. The molecule has 55 heavy (non-hydrogen) atoms. The van der Waals surface area contributed by atoms with Crippen LogP contribution in [-0.2, 0) is 37.4 Å². The summed E-state index contributed by atoms with van der Waals surface area (Å²) in [5.41, 5.74) is 0. The lowest BCUT2D eigenvalue weighted by Gasteiger charge is -2.28. The maximum Gasteiger partial charge on any atom is 0.306 e. The summed E-state index contributed by atoms with van der Waals surface area (Å²) in [4.78, 5) is 37.5. The molecule has 1 rings (SSSR count). The van der Waals surface area contributed by atoms with Gasteiger partial charge < -0.3 is 32.6 Å². The molecule has 1 heterocycles. The second-order valence-corrected chi connectivity index (χ2v) is 17.9. The third-order valence-corrected chi connectivity index (χ3v) is 10.8.